The Labute approximate surface area is 211 Å². The molecule has 0 saturated carbocycles. The molecule has 2 rings (SSSR count). The Morgan fingerprint density at radius 2 is 1.55 bits per heavy atom. The molecular weight excluding hydrogens is 525 g/mol. The summed E-state index contributed by atoms with van der Waals surface area (Å²) in [4.78, 5) is 59.9. The molecule has 15 heteroatoms. The molecule has 2 atom stereocenters. The Morgan fingerprint density at radius 1 is 0.921 bits per heavy atom. The maximum atomic E-state index is 13.8. The quantitative estimate of drug-likeness (QED) is 0.191. The number of halogens is 5. The van der Waals surface area contributed by atoms with Gasteiger partial charge in [-0.2, -0.15) is 8.78 Å². The number of ether oxygens (including phenoxy) is 1. The zero-order chi connectivity index (χ0) is 28.6. The molecule has 0 aliphatic rings. The lowest BCUT2D eigenvalue weighted by atomic mass is 10.1. The van der Waals surface area contributed by atoms with Gasteiger partial charge in [-0.15, -0.1) is 0 Å². The normalized spacial score (nSPS) is 12.2. The van der Waals surface area contributed by atoms with E-state index in [4.69, 9.17) is 5.11 Å². The molecule has 0 aliphatic heterocycles. The number of carbonyl (C=O) groups excluding carboxylic acids is 4. The number of hydrogen-bond donors (Lipinski definition) is 4. The fraction of sp³-hybridized carbons (Fsp3) is 0.261. The average molecular weight is 545 g/mol. The van der Waals surface area contributed by atoms with Gasteiger partial charge in [0.1, 0.15) is 18.5 Å². The summed E-state index contributed by atoms with van der Waals surface area (Å²) in [5.41, 5.74) is -0.0485. The number of aliphatic carboxylic acids is 1. The maximum Gasteiger partial charge on any atom is 0.313 e. The van der Waals surface area contributed by atoms with E-state index >= 15 is 0 Å². The number of amides is 3. The van der Waals surface area contributed by atoms with Crippen LogP contribution >= 0.6 is 0 Å². The number of benzene rings is 2. The van der Waals surface area contributed by atoms with Crippen LogP contribution in [0.1, 0.15) is 19.8 Å². The molecule has 0 fully saturated rings. The number of anilines is 1. The van der Waals surface area contributed by atoms with Crippen LogP contribution in [0, 0.1) is 29.1 Å². The molecule has 4 N–H and O–H groups in total. The summed E-state index contributed by atoms with van der Waals surface area (Å²) in [6.07, 6.45) is -1.20. The van der Waals surface area contributed by atoms with E-state index in [-0.39, 0.29) is 11.8 Å². The predicted octanol–water partition coefficient (Wildman–Crippen LogP) is 1.82. The first-order valence-electron chi connectivity index (χ1n) is 10.7. The van der Waals surface area contributed by atoms with Crippen molar-refractivity contribution in [2.24, 2.45) is 0 Å². The van der Waals surface area contributed by atoms with Gasteiger partial charge in [0.05, 0.1) is 6.04 Å². The molecule has 204 valence electrons. The smallest absolute Gasteiger partial charge is 0.313 e. The molecule has 2 aromatic rings. The minimum Gasteiger partial charge on any atom is -0.481 e. The van der Waals surface area contributed by atoms with Gasteiger partial charge >= 0.3 is 17.8 Å². The van der Waals surface area contributed by atoms with Crippen LogP contribution in [0.25, 0.3) is 0 Å². The standard InChI is InChI=1S/C23H20F5N3O7/c1-10(29-22(36)23(37)30-12-4-2-3-11(24)7-12)21(35)31-15(5-6-17(33)34)16(32)9-38-20-18(27)13(25)8-14(26)19(20)28/h2-4,7-8,10,15H,5-6,9H2,1H3,(H,29,36)(H,30,37)(H,31,35)(H,33,34). The van der Waals surface area contributed by atoms with Crippen molar-refractivity contribution in [1.82, 2.24) is 10.6 Å². The molecule has 2 unspecified atom stereocenters. The maximum absolute atomic E-state index is 13.8. The number of carboxylic acid groups (broad SMARTS) is 1. The third kappa shape index (κ3) is 8.25. The Balaban J connectivity index is 2.03. The summed E-state index contributed by atoms with van der Waals surface area (Å²) in [6, 6.07) is 1.41. The monoisotopic (exact) mass is 545 g/mol. The molecule has 0 radical (unpaired) electrons. The van der Waals surface area contributed by atoms with Crippen molar-refractivity contribution in [3.05, 3.63) is 59.4 Å². The van der Waals surface area contributed by atoms with Gasteiger partial charge in [0.15, 0.2) is 23.2 Å². The van der Waals surface area contributed by atoms with Crippen LogP contribution in [-0.2, 0) is 24.0 Å². The van der Waals surface area contributed by atoms with Gasteiger partial charge < -0.3 is 25.8 Å². The summed E-state index contributed by atoms with van der Waals surface area (Å²) >= 11 is 0. The first kappa shape index (κ1) is 29.7. The second kappa shape index (κ2) is 13.1. The molecule has 0 bridgehead atoms. The fourth-order valence-corrected chi connectivity index (χ4v) is 2.88. The van der Waals surface area contributed by atoms with E-state index in [9.17, 15) is 45.9 Å². The molecule has 38 heavy (non-hydrogen) atoms. The van der Waals surface area contributed by atoms with E-state index in [1.807, 2.05) is 5.32 Å². The number of Topliss-reactive ketones (excluding diaryl/α,β-unsaturated/α-hetero) is 1. The predicted molar refractivity (Wildman–Crippen MR) is 118 cm³/mol. The van der Waals surface area contributed by atoms with Gasteiger partial charge in [0.2, 0.25) is 17.5 Å². The van der Waals surface area contributed by atoms with Crippen molar-refractivity contribution in [3.63, 3.8) is 0 Å². The summed E-state index contributed by atoms with van der Waals surface area (Å²) in [6.45, 7) is -0.115. The number of carbonyl (C=O) groups is 5. The van der Waals surface area contributed by atoms with E-state index in [1.165, 1.54) is 12.1 Å². The SMILES string of the molecule is CC(NC(=O)C(=O)Nc1cccc(F)c1)C(=O)NC(CCC(=O)O)C(=O)COc1c(F)c(F)cc(F)c1F. The topological polar surface area (TPSA) is 151 Å². The van der Waals surface area contributed by atoms with Crippen LogP contribution in [0.4, 0.5) is 27.6 Å². The zero-order valence-electron chi connectivity index (χ0n) is 19.4. The second-order valence-electron chi connectivity index (χ2n) is 7.71. The second-order valence-corrected chi connectivity index (χ2v) is 7.71. The summed E-state index contributed by atoms with van der Waals surface area (Å²) in [5.74, 6) is -15.8. The Hall–Kier alpha value is -4.56. The summed E-state index contributed by atoms with van der Waals surface area (Å²) < 4.78 is 71.9. The lowest BCUT2D eigenvalue weighted by molar-refractivity contribution is -0.139. The van der Waals surface area contributed by atoms with Crippen molar-refractivity contribution in [1.29, 1.82) is 0 Å². The Bertz CT molecular complexity index is 1230. The van der Waals surface area contributed by atoms with Gasteiger partial charge in [-0.25, -0.2) is 13.2 Å². The van der Waals surface area contributed by atoms with Crippen molar-refractivity contribution in [2.45, 2.75) is 31.8 Å². The first-order chi connectivity index (χ1) is 17.8. The van der Waals surface area contributed by atoms with Gasteiger partial charge in [-0.1, -0.05) is 6.07 Å². The number of hydrogen-bond acceptors (Lipinski definition) is 6. The fourth-order valence-electron chi connectivity index (χ4n) is 2.88. The molecule has 2 aromatic carbocycles. The van der Waals surface area contributed by atoms with Crippen LogP contribution < -0.4 is 20.7 Å². The lowest BCUT2D eigenvalue weighted by Gasteiger charge is -2.20. The highest BCUT2D eigenvalue weighted by atomic mass is 19.2. The molecule has 10 nitrogen and oxygen atoms in total. The molecule has 3 amide bonds. The lowest BCUT2D eigenvalue weighted by Crippen LogP contribution is -2.52. The van der Waals surface area contributed by atoms with Crippen molar-refractivity contribution >= 4 is 35.2 Å². The van der Waals surface area contributed by atoms with Crippen molar-refractivity contribution in [2.75, 3.05) is 11.9 Å². The molecule has 0 heterocycles. The Kier molecular flexibility index (Phi) is 10.2. The summed E-state index contributed by atoms with van der Waals surface area (Å²) in [7, 11) is 0. The van der Waals surface area contributed by atoms with Crippen LogP contribution in [0.5, 0.6) is 5.75 Å². The van der Waals surface area contributed by atoms with E-state index in [0.29, 0.717) is 0 Å². The van der Waals surface area contributed by atoms with E-state index < -0.39 is 95.8 Å². The average Bonchev–Trinajstić information content (AvgIpc) is 2.84. The van der Waals surface area contributed by atoms with Crippen LogP contribution in [0.3, 0.4) is 0 Å². The first-order valence-corrected chi connectivity index (χ1v) is 10.7. The summed E-state index contributed by atoms with van der Waals surface area (Å²) in [5, 5.41) is 15.1. The van der Waals surface area contributed by atoms with Gasteiger partial charge in [0.25, 0.3) is 0 Å². The third-order valence-electron chi connectivity index (χ3n) is 4.81. The van der Waals surface area contributed by atoms with Gasteiger partial charge in [0, 0.05) is 18.2 Å². The van der Waals surface area contributed by atoms with Gasteiger partial charge in [-0.05, 0) is 31.5 Å². The van der Waals surface area contributed by atoms with E-state index in [1.54, 1.807) is 0 Å². The van der Waals surface area contributed by atoms with Crippen LogP contribution in [0.15, 0.2) is 30.3 Å². The minimum atomic E-state index is -1.92. The largest absolute Gasteiger partial charge is 0.481 e. The van der Waals surface area contributed by atoms with Crippen LogP contribution in [-0.4, -0.2) is 53.3 Å². The minimum absolute atomic E-state index is 0.0485. The number of carboxylic acids is 1. The van der Waals surface area contributed by atoms with Gasteiger partial charge in [-0.3, -0.25) is 24.0 Å². The zero-order valence-corrected chi connectivity index (χ0v) is 19.4. The van der Waals surface area contributed by atoms with Crippen molar-refractivity contribution < 1.29 is 55.8 Å². The Morgan fingerprint density at radius 3 is 2.13 bits per heavy atom. The van der Waals surface area contributed by atoms with Crippen LogP contribution in [0.2, 0.25) is 0 Å². The van der Waals surface area contributed by atoms with E-state index in [2.05, 4.69) is 15.4 Å². The third-order valence-corrected chi connectivity index (χ3v) is 4.81. The van der Waals surface area contributed by atoms with Crippen molar-refractivity contribution in [3.8, 4) is 5.75 Å². The highest BCUT2D eigenvalue weighted by Gasteiger charge is 2.28. The molecular formula is C23H20F5N3O7. The number of nitrogens with one attached hydrogen (secondary N) is 3. The molecule has 0 saturated heterocycles. The number of rotatable bonds is 11. The molecule has 0 aromatic heterocycles. The molecule has 0 aliphatic carbocycles. The highest BCUT2D eigenvalue weighted by Crippen LogP contribution is 2.26. The van der Waals surface area contributed by atoms with E-state index in [0.717, 1.165) is 19.1 Å². The molecule has 0 spiro atoms. The highest BCUT2D eigenvalue weighted by molar-refractivity contribution is 6.40. The number of ketones is 1.